The van der Waals surface area contributed by atoms with Crippen molar-refractivity contribution in [2.75, 3.05) is 26.0 Å². The molecule has 0 spiro atoms. The van der Waals surface area contributed by atoms with Crippen molar-refractivity contribution in [3.05, 3.63) is 59.1 Å². The summed E-state index contributed by atoms with van der Waals surface area (Å²) in [5, 5.41) is 2.29. The highest BCUT2D eigenvalue weighted by Crippen LogP contribution is 2.24. The van der Waals surface area contributed by atoms with Crippen molar-refractivity contribution in [3.63, 3.8) is 0 Å². The molecule has 1 unspecified atom stereocenters. The monoisotopic (exact) mass is 497 g/mol. The van der Waals surface area contributed by atoms with E-state index >= 15 is 0 Å². The van der Waals surface area contributed by atoms with Gasteiger partial charge >= 0.3 is 16.2 Å². The molecular weight excluding hydrogens is 476 g/mol. The first-order valence-electron chi connectivity index (χ1n) is 9.53. The molecule has 3 aromatic rings. The predicted octanol–water partition coefficient (Wildman–Crippen LogP) is 2.25. The smallest absolute Gasteiger partial charge is 0.325 e. The molecule has 0 bridgehead atoms. The maximum Gasteiger partial charge on any atom is 0.330 e. The van der Waals surface area contributed by atoms with E-state index in [1.165, 1.54) is 37.4 Å². The molecule has 13 heteroatoms. The number of urea groups is 1. The van der Waals surface area contributed by atoms with Crippen LogP contribution in [-0.4, -0.2) is 56.8 Å². The van der Waals surface area contributed by atoms with Crippen molar-refractivity contribution in [3.8, 4) is 0 Å². The third kappa shape index (κ3) is 6.00. The number of nitrogens with one attached hydrogen (secondary N) is 2. The summed E-state index contributed by atoms with van der Waals surface area (Å²) < 4.78 is 54.7. The molecule has 2 N–H and O–H groups in total. The Bertz CT molecular complexity index is 1280. The molecule has 3 rings (SSSR count). The molecule has 0 fully saturated rings. The number of anilines is 1. The first kappa shape index (κ1) is 24.5. The highest BCUT2D eigenvalue weighted by atomic mass is 32.2. The molecule has 3 amide bonds. The van der Waals surface area contributed by atoms with Crippen LogP contribution in [0, 0.1) is 11.6 Å². The van der Waals surface area contributed by atoms with Crippen molar-refractivity contribution >= 4 is 49.4 Å². The Morgan fingerprint density at radius 3 is 2.39 bits per heavy atom. The van der Waals surface area contributed by atoms with Crippen LogP contribution in [0.1, 0.15) is 5.56 Å². The summed E-state index contributed by atoms with van der Waals surface area (Å²) >= 11 is 1.43. The van der Waals surface area contributed by atoms with Crippen molar-refractivity contribution in [2.24, 2.45) is 0 Å². The Labute approximate surface area is 193 Å². The molecule has 0 aliphatic carbocycles. The average molecular weight is 498 g/mol. The third-order valence-corrected chi connectivity index (χ3v) is 6.91. The topological polar surface area (TPSA) is 112 Å². The minimum absolute atomic E-state index is 0.102. The van der Waals surface area contributed by atoms with Gasteiger partial charge in [0.15, 0.2) is 0 Å². The molecule has 1 heterocycles. The van der Waals surface area contributed by atoms with Crippen LogP contribution in [0.2, 0.25) is 0 Å². The summed E-state index contributed by atoms with van der Waals surface area (Å²) in [7, 11) is -0.226. The SMILES string of the molecule is CN(C(=O)C(Cc1cc(F)cc(F)c1)NC(=O)NS(=O)(=O)N(C)C)c1ccc2scnc2c1. The summed E-state index contributed by atoms with van der Waals surface area (Å²) in [6.45, 7) is 0. The Balaban J connectivity index is 1.88. The molecule has 9 nitrogen and oxygen atoms in total. The molecule has 0 saturated carbocycles. The van der Waals surface area contributed by atoms with Gasteiger partial charge in [0.2, 0.25) is 5.91 Å². The van der Waals surface area contributed by atoms with Crippen LogP contribution in [0.15, 0.2) is 41.9 Å². The summed E-state index contributed by atoms with van der Waals surface area (Å²) in [4.78, 5) is 31.0. The van der Waals surface area contributed by atoms with Gasteiger partial charge in [0.1, 0.15) is 17.7 Å². The van der Waals surface area contributed by atoms with E-state index in [1.807, 2.05) is 0 Å². The molecule has 0 aliphatic rings. The van der Waals surface area contributed by atoms with Crippen molar-refractivity contribution in [1.29, 1.82) is 0 Å². The van der Waals surface area contributed by atoms with Crippen LogP contribution >= 0.6 is 11.3 Å². The first-order chi connectivity index (χ1) is 15.5. The van der Waals surface area contributed by atoms with Crippen LogP contribution in [0.4, 0.5) is 19.3 Å². The molecule has 0 radical (unpaired) electrons. The van der Waals surface area contributed by atoms with E-state index in [0.29, 0.717) is 17.3 Å². The zero-order valence-corrected chi connectivity index (χ0v) is 19.5. The minimum atomic E-state index is -4.13. The quantitative estimate of drug-likeness (QED) is 0.520. The number of benzene rings is 2. The van der Waals surface area contributed by atoms with Gasteiger partial charge in [0.25, 0.3) is 0 Å². The van der Waals surface area contributed by atoms with Gasteiger partial charge in [0, 0.05) is 39.3 Å². The standard InChI is InChI=1S/C20H21F2N5O4S2/c1-26(2)33(30,31)25-20(29)24-17(8-12-6-13(21)9-14(22)7-12)19(28)27(3)15-4-5-18-16(10-15)23-11-32-18/h4-7,9-11,17H,8H2,1-3H3,(H2,24,25,29). The molecule has 176 valence electrons. The summed E-state index contributed by atoms with van der Waals surface area (Å²) in [5.41, 5.74) is 2.90. The number of halogens is 2. The maximum absolute atomic E-state index is 13.7. The van der Waals surface area contributed by atoms with Crippen LogP contribution in [0.5, 0.6) is 0 Å². The van der Waals surface area contributed by atoms with E-state index in [0.717, 1.165) is 21.1 Å². The lowest BCUT2D eigenvalue weighted by Crippen LogP contribution is -2.53. The summed E-state index contributed by atoms with van der Waals surface area (Å²) in [6.07, 6.45) is -0.285. The second-order valence-electron chi connectivity index (χ2n) is 7.30. The zero-order chi connectivity index (χ0) is 24.3. The second-order valence-corrected chi connectivity index (χ2v) is 10.1. The molecule has 0 saturated heterocycles. The number of hydrogen-bond donors (Lipinski definition) is 2. The number of carbonyl (C=O) groups excluding carboxylic acids is 2. The lowest BCUT2D eigenvalue weighted by molar-refractivity contribution is -0.120. The Hall–Kier alpha value is -3.16. The van der Waals surface area contributed by atoms with E-state index < -0.39 is 39.8 Å². The number of nitrogens with zero attached hydrogens (tertiary/aromatic N) is 3. The highest BCUT2D eigenvalue weighted by molar-refractivity contribution is 7.87. The number of amides is 3. The van der Waals surface area contributed by atoms with Gasteiger partial charge in [-0.05, 0) is 35.9 Å². The molecule has 33 heavy (non-hydrogen) atoms. The van der Waals surface area contributed by atoms with Gasteiger partial charge in [0.05, 0.1) is 15.7 Å². The fourth-order valence-electron chi connectivity index (χ4n) is 2.98. The molecule has 2 aromatic carbocycles. The van der Waals surface area contributed by atoms with Crippen molar-refractivity contribution in [2.45, 2.75) is 12.5 Å². The summed E-state index contributed by atoms with van der Waals surface area (Å²) in [5.74, 6) is -2.33. The van der Waals surface area contributed by atoms with Gasteiger partial charge in [-0.1, -0.05) is 0 Å². The number of rotatable bonds is 7. The number of likely N-dealkylation sites (N-methyl/N-ethyl adjacent to an activating group) is 1. The van der Waals surface area contributed by atoms with Gasteiger partial charge < -0.3 is 10.2 Å². The fourth-order valence-corrected chi connectivity index (χ4v) is 4.11. The Morgan fingerprint density at radius 2 is 1.76 bits per heavy atom. The highest BCUT2D eigenvalue weighted by Gasteiger charge is 2.28. The molecule has 1 atom stereocenters. The number of hydrogen-bond acceptors (Lipinski definition) is 6. The number of carbonyl (C=O) groups is 2. The van der Waals surface area contributed by atoms with Crippen molar-refractivity contribution < 1.29 is 26.8 Å². The van der Waals surface area contributed by atoms with E-state index in [-0.39, 0.29) is 12.0 Å². The van der Waals surface area contributed by atoms with Gasteiger partial charge in [-0.2, -0.15) is 12.7 Å². The molecule has 1 aromatic heterocycles. The Morgan fingerprint density at radius 1 is 1.09 bits per heavy atom. The van der Waals surface area contributed by atoms with Crippen LogP contribution < -0.4 is 14.9 Å². The average Bonchev–Trinajstić information content (AvgIpc) is 3.18. The molecular formula is C20H21F2N5O4S2. The van der Waals surface area contributed by atoms with Gasteiger partial charge in [-0.3, -0.25) is 4.79 Å². The number of aromatic nitrogens is 1. The number of fused-ring (bicyclic) bond motifs is 1. The van der Waals surface area contributed by atoms with Crippen LogP contribution in [0.3, 0.4) is 0 Å². The number of thiazole rings is 1. The van der Waals surface area contributed by atoms with E-state index in [2.05, 4.69) is 10.3 Å². The predicted molar refractivity (Wildman–Crippen MR) is 121 cm³/mol. The zero-order valence-electron chi connectivity index (χ0n) is 17.9. The minimum Gasteiger partial charge on any atom is -0.325 e. The largest absolute Gasteiger partial charge is 0.330 e. The van der Waals surface area contributed by atoms with Gasteiger partial charge in [-0.25, -0.2) is 23.3 Å². The lowest BCUT2D eigenvalue weighted by Gasteiger charge is -2.25. The van der Waals surface area contributed by atoms with Crippen molar-refractivity contribution in [1.82, 2.24) is 19.3 Å². The third-order valence-electron chi connectivity index (χ3n) is 4.70. The first-order valence-corrected chi connectivity index (χ1v) is 11.8. The van der Waals surface area contributed by atoms with Crippen LogP contribution in [-0.2, 0) is 21.4 Å². The Kier molecular flexibility index (Phi) is 7.25. The normalized spacial score (nSPS) is 12.5. The van der Waals surface area contributed by atoms with Crippen LogP contribution in [0.25, 0.3) is 10.2 Å². The lowest BCUT2D eigenvalue weighted by atomic mass is 10.0. The second kappa shape index (κ2) is 9.77. The van der Waals surface area contributed by atoms with E-state index in [4.69, 9.17) is 0 Å². The van der Waals surface area contributed by atoms with E-state index in [9.17, 15) is 26.8 Å². The summed E-state index contributed by atoms with van der Waals surface area (Å²) in [6, 6.07) is 5.39. The van der Waals surface area contributed by atoms with E-state index in [1.54, 1.807) is 28.4 Å². The maximum atomic E-state index is 13.7. The molecule has 0 aliphatic heterocycles. The fraction of sp³-hybridized carbons (Fsp3) is 0.250. The van der Waals surface area contributed by atoms with Gasteiger partial charge in [-0.15, -0.1) is 11.3 Å².